The number of nitrogen functional groups attached to an aromatic ring is 1. The van der Waals surface area contributed by atoms with E-state index >= 15 is 0 Å². The van der Waals surface area contributed by atoms with Crippen molar-refractivity contribution in [2.24, 2.45) is 0 Å². The lowest BCUT2D eigenvalue weighted by Gasteiger charge is -2.27. The van der Waals surface area contributed by atoms with Crippen LogP contribution in [-0.4, -0.2) is 24.2 Å². The van der Waals surface area contributed by atoms with Gasteiger partial charge in [0.2, 0.25) is 0 Å². The van der Waals surface area contributed by atoms with Crippen molar-refractivity contribution in [2.45, 2.75) is 43.8 Å². The van der Waals surface area contributed by atoms with E-state index in [0.29, 0.717) is 4.75 Å². The first-order valence-electron chi connectivity index (χ1n) is 7.50. The molecule has 0 spiro atoms. The van der Waals surface area contributed by atoms with Crippen molar-refractivity contribution < 1.29 is 4.74 Å². The first kappa shape index (κ1) is 15.4. The largest absolute Gasteiger partial charge is 0.493 e. The molecule has 0 atom stereocenters. The van der Waals surface area contributed by atoms with Crippen molar-refractivity contribution in [3.63, 3.8) is 0 Å². The quantitative estimate of drug-likeness (QED) is 0.742. The molecule has 20 heavy (non-hydrogen) atoms. The average Bonchev–Trinajstić information content (AvgIpc) is 2.92. The highest BCUT2D eigenvalue weighted by Crippen LogP contribution is 2.40. The van der Waals surface area contributed by atoms with Crippen LogP contribution in [-0.2, 0) is 0 Å². The Labute approximate surface area is 126 Å². The summed E-state index contributed by atoms with van der Waals surface area (Å²) in [5, 5.41) is 3.56. The number of nitrogens with one attached hydrogen (secondary N) is 1. The maximum Gasteiger partial charge on any atom is 0.123 e. The molecule has 0 unspecified atom stereocenters. The van der Waals surface area contributed by atoms with E-state index in [1.165, 1.54) is 25.7 Å². The molecule has 3 N–H and O–H groups in total. The van der Waals surface area contributed by atoms with E-state index in [2.05, 4.69) is 24.6 Å². The highest BCUT2D eigenvalue weighted by Gasteiger charge is 2.32. The van der Waals surface area contributed by atoms with Crippen molar-refractivity contribution in [3.05, 3.63) is 18.2 Å². The summed E-state index contributed by atoms with van der Waals surface area (Å²) in [7, 11) is 0. The third kappa shape index (κ3) is 3.98. The Morgan fingerprint density at radius 3 is 2.70 bits per heavy atom. The maximum atomic E-state index is 5.96. The van der Waals surface area contributed by atoms with Crippen LogP contribution in [0.2, 0.25) is 0 Å². The Morgan fingerprint density at radius 2 is 2.05 bits per heavy atom. The summed E-state index contributed by atoms with van der Waals surface area (Å²) in [6.07, 6.45) is 8.55. The second-order valence-corrected chi connectivity index (χ2v) is 6.86. The fourth-order valence-electron chi connectivity index (χ4n) is 2.76. The SMILES string of the molecule is CCCOc1cc(N)cc(NCC2(SC)CCCC2)c1. The van der Waals surface area contributed by atoms with E-state index in [4.69, 9.17) is 10.5 Å². The monoisotopic (exact) mass is 294 g/mol. The van der Waals surface area contributed by atoms with Gasteiger partial charge in [-0.2, -0.15) is 11.8 Å². The molecule has 112 valence electrons. The van der Waals surface area contributed by atoms with Gasteiger partial charge in [-0.05, 0) is 31.6 Å². The molecule has 2 rings (SSSR count). The number of thioether (sulfide) groups is 1. The van der Waals surface area contributed by atoms with Crippen LogP contribution >= 0.6 is 11.8 Å². The van der Waals surface area contributed by atoms with E-state index < -0.39 is 0 Å². The van der Waals surface area contributed by atoms with Crippen LogP contribution < -0.4 is 15.8 Å². The number of nitrogens with two attached hydrogens (primary N) is 1. The summed E-state index contributed by atoms with van der Waals surface area (Å²) in [5.74, 6) is 0.860. The molecule has 4 heteroatoms. The first-order valence-corrected chi connectivity index (χ1v) is 8.72. The molecule has 1 aliphatic rings. The minimum Gasteiger partial charge on any atom is -0.493 e. The molecule has 1 fully saturated rings. The maximum absolute atomic E-state index is 5.96. The van der Waals surface area contributed by atoms with Gasteiger partial charge in [-0.15, -0.1) is 0 Å². The molecule has 0 radical (unpaired) electrons. The number of hydrogen-bond donors (Lipinski definition) is 2. The Hall–Kier alpha value is -1.03. The Kier molecular flexibility index (Phi) is 5.46. The first-order chi connectivity index (χ1) is 9.67. The normalized spacial score (nSPS) is 17.1. The summed E-state index contributed by atoms with van der Waals surface area (Å²) in [4.78, 5) is 0. The number of ether oxygens (including phenoxy) is 1. The van der Waals surface area contributed by atoms with Crippen molar-refractivity contribution in [3.8, 4) is 5.75 Å². The molecule has 0 saturated heterocycles. The van der Waals surface area contributed by atoms with Gasteiger partial charge in [0.05, 0.1) is 6.61 Å². The number of rotatable bonds is 7. The van der Waals surface area contributed by atoms with E-state index in [0.717, 1.165) is 36.7 Å². The van der Waals surface area contributed by atoms with Crippen LogP contribution in [0.25, 0.3) is 0 Å². The molecular weight excluding hydrogens is 268 g/mol. The van der Waals surface area contributed by atoms with Gasteiger partial charge in [0.15, 0.2) is 0 Å². The zero-order chi connectivity index (χ0) is 14.4. The Morgan fingerprint density at radius 1 is 1.30 bits per heavy atom. The summed E-state index contributed by atoms with van der Waals surface area (Å²) < 4.78 is 6.07. The summed E-state index contributed by atoms with van der Waals surface area (Å²) in [5.41, 5.74) is 7.78. The van der Waals surface area contributed by atoms with Gasteiger partial charge in [-0.25, -0.2) is 0 Å². The van der Waals surface area contributed by atoms with Crippen molar-refractivity contribution in [1.29, 1.82) is 0 Å². The molecule has 0 amide bonds. The van der Waals surface area contributed by atoms with Gasteiger partial charge in [-0.3, -0.25) is 0 Å². The van der Waals surface area contributed by atoms with Crippen molar-refractivity contribution in [1.82, 2.24) is 0 Å². The van der Waals surface area contributed by atoms with Gasteiger partial charge < -0.3 is 15.8 Å². The van der Waals surface area contributed by atoms with Crippen LogP contribution in [0, 0.1) is 0 Å². The van der Waals surface area contributed by atoms with Crippen LogP contribution in [0.5, 0.6) is 5.75 Å². The standard InChI is InChI=1S/C16H26N2OS/c1-3-8-19-15-10-13(17)9-14(11-15)18-12-16(20-2)6-4-5-7-16/h9-11,18H,3-8,12,17H2,1-2H3. The zero-order valence-electron chi connectivity index (χ0n) is 12.6. The van der Waals surface area contributed by atoms with Gasteiger partial charge in [0, 0.05) is 34.8 Å². The fraction of sp³-hybridized carbons (Fsp3) is 0.625. The molecule has 0 aliphatic heterocycles. The van der Waals surface area contributed by atoms with Gasteiger partial charge in [0.1, 0.15) is 5.75 Å². The third-order valence-electron chi connectivity index (χ3n) is 3.96. The fourth-order valence-corrected chi connectivity index (χ4v) is 3.68. The second kappa shape index (κ2) is 7.11. The minimum atomic E-state index is 0.398. The van der Waals surface area contributed by atoms with Crippen LogP contribution in [0.15, 0.2) is 18.2 Å². The summed E-state index contributed by atoms with van der Waals surface area (Å²) >= 11 is 2.00. The predicted octanol–water partition coefficient (Wildman–Crippen LogP) is 4.15. The summed E-state index contributed by atoms with van der Waals surface area (Å²) in [6, 6.07) is 5.93. The number of hydrogen-bond acceptors (Lipinski definition) is 4. The highest BCUT2D eigenvalue weighted by molar-refractivity contribution is 8.00. The lowest BCUT2D eigenvalue weighted by Crippen LogP contribution is -2.30. The minimum absolute atomic E-state index is 0.398. The molecule has 0 bridgehead atoms. The van der Waals surface area contributed by atoms with Crippen LogP contribution in [0.1, 0.15) is 39.0 Å². The molecular formula is C16H26N2OS. The lowest BCUT2D eigenvalue weighted by atomic mass is 10.1. The molecule has 1 aromatic rings. The molecule has 1 saturated carbocycles. The molecule has 0 heterocycles. The van der Waals surface area contributed by atoms with Crippen molar-refractivity contribution >= 4 is 23.1 Å². The van der Waals surface area contributed by atoms with E-state index in [-0.39, 0.29) is 0 Å². The van der Waals surface area contributed by atoms with E-state index in [1.807, 2.05) is 23.9 Å². The third-order valence-corrected chi connectivity index (χ3v) is 5.38. The van der Waals surface area contributed by atoms with Gasteiger partial charge in [-0.1, -0.05) is 19.8 Å². The average molecular weight is 294 g/mol. The second-order valence-electron chi connectivity index (χ2n) is 5.59. The van der Waals surface area contributed by atoms with Crippen molar-refractivity contribution in [2.75, 3.05) is 30.5 Å². The Balaban J connectivity index is 1.99. The molecule has 0 aromatic heterocycles. The smallest absolute Gasteiger partial charge is 0.123 e. The zero-order valence-corrected chi connectivity index (χ0v) is 13.4. The number of benzene rings is 1. The topological polar surface area (TPSA) is 47.3 Å². The molecule has 1 aromatic carbocycles. The summed E-state index contributed by atoms with van der Waals surface area (Å²) in [6.45, 7) is 3.84. The van der Waals surface area contributed by atoms with Crippen LogP contribution in [0.4, 0.5) is 11.4 Å². The van der Waals surface area contributed by atoms with Gasteiger partial charge in [0.25, 0.3) is 0 Å². The molecule has 1 aliphatic carbocycles. The van der Waals surface area contributed by atoms with Crippen LogP contribution in [0.3, 0.4) is 0 Å². The predicted molar refractivity (Wildman–Crippen MR) is 89.8 cm³/mol. The number of anilines is 2. The Bertz CT molecular complexity index is 430. The van der Waals surface area contributed by atoms with E-state index in [1.54, 1.807) is 0 Å². The van der Waals surface area contributed by atoms with Gasteiger partial charge >= 0.3 is 0 Å². The highest BCUT2D eigenvalue weighted by atomic mass is 32.2. The lowest BCUT2D eigenvalue weighted by molar-refractivity contribution is 0.318. The molecule has 3 nitrogen and oxygen atoms in total. The van der Waals surface area contributed by atoms with E-state index in [9.17, 15) is 0 Å².